The number of hydrogen-bond acceptors (Lipinski definition) is 4. The molecule has 0 saturated heterocycles. The number of aliphatic hydroxyl groups is 1. The smallest absolute Gasteiger partial charge is 0.142 e. The maximum atomic E-state index is 13.4. The van der Waals surface area contributed by atoms with Gasteiger partial charge in [0.15, 0.2) is 0 Å². The van der Waals surface area contributed by atoms with Gasteiger partial charge in [0.2, 0.25) is 0 Å². The molecule has 0 aliphatic heterocycles. The second kappa shape index (κ2) is 5.97. The molecule has 3 rings (SSSR count). The number of halogens is 2. The number of nitrogens with one attached hydrogen (secondary N) is 1. The standard InChI is InChI=1S/C15H12ClFN2OS/c16-10-2-1-9(7-11(10)17)14(20)8-19-12-3-5-18-13-4-6-21-15(12)13/h1-7,14,20H,8H2,(H,18,19). The van der Waals surface area contributed by atoms with Gasteiger partial charge in [-0.15, -0.1) is 11.3 Å². The number of anilines is 1. The first-order valence-corrected chi connectivity index (χ1v) is 7.60. The SMILES string of the molecule is OC(CNc1ccnc2ccsc12)c1ccc(Cl)c(F)c1. The van der Waals surface area contributed by atoms with Crippen LogP contribution in [0.4, 0.5) is 10.1 Å². The lowest BCUT2D eigenvalue weighted by molar-refractivity contribution is 0.191. The minimum atomic E-state index is -0.819. The highest BCUT2D eigenvalue weighted by Crippen LogP contribution is 2.27. The van der Waals surface area contributed by atoms with Crippen LogP contribution in [-0.2, 0) is 0 Å². The Hall–Kier alpha value is -1.69. The van der Waals surface area contributed by atoms with E-state index in [0.29, 0.717) is 5.56 Å². The quantitative estimate of drug-likeness (QED) is 0.755. The minimum Gasteiger partial charge on any atom is -0.387 e. The summed E-state index contributed by atoms with van der Waals surface area (Å²) in [5.74, 6) is -0.530. The van der Waals surface area contributed by atoms with Gasteiger partial charge in [-0.2, -0.15) is 0 Å². The van der Waals surface area contributed by atoms with E-state index < -0.39 is 11.9 Å². The third-order valence-corrected chi connectivity index (χ3v) is 4.40. The molecule has 0 aliphatic carbocycles. The summed E-state index contributed by atoms with van der Waals surface area (Å²) in [4.78, 5) is 4.25. The van der Waals surface area contributed by atoms with Crippen LogP contribution in [0.15, 0.2) is 41.9 Å². The Kier molecular flexibility index (Phi) is 4.05. The molecule has 3 aromatic rings. The van der Waals surface area contributed by atoms with E-state index in [4.69, 9.17) is 11.6 Å². The lowest BCUT2D eigenvalue weighted by Crippen LogP contribution is -2.12. The Morgan fingerprint density at radius 3 is 3.00 bits per heavy atom. The number of aliphatic hydroxyl groups excluding tert-OH is 1. The molecule has 1 unspecified atom stereocenters. The van der Waals surface area contributed by atoms with Crippen molar-refractivity contribution in [2.75, 3.05) is 11.9 Å². The van der Waals surface area contributed by atoms with Crippen LogP contribution >= 0.6 is 22.9 Å². The summed E-state index contributed by atoms with van der Waals surface area (Å²) in [6, 6.07) is 8.11. The Balaban J connectivity index is 1.75. The summed E-state index contributed by atoms with van der Waals surface area (Å²) in [6.45, 7) is 0.276. The zero-order valence-electron chi connectivity index (χ0n) is 10.9. The van der Waals surface area contributed by atoms with E-state index in [1.807, 2.05) is 17.5 Å². The van der Waals surface area contributed by atoms with Crippen molar-refractivity contribution in [2.45, 2.75) is 6.10 Å². The van der Waals surface area contributed by atoms with Crippen molar-refractivity contribution in [3.05, 3.63) is 58.3 Å². The molecule has 6 heteroatoms. The van der Waals surface area contributed by atoms with Gasteiger partial charge >= 0.3 is 0 Å². The van der Waals surface area contributed by atoms with Crippen molar-refractivity contribution in [2.24, 2.45) is 0 Å². The normalized spacial score (nSPS) is 12.5. The summed E-state index contributed by atoms with van der Waals surface area (Å²) in [7, 11) is 0. The first-order chi connectivity index (χ1) is 10.1. The molecule has 0 bridgehead atoms. The molecule has 0 fully saturated rings. The molecule has 2 heterocycles. The van der Waals surface area contributed by atoms with Crippen molar-refractivity contribution >= 4 is 38.8 Å². The number of thiophene rings is 1. The van der Waals surface area contributed by atoms with Crippen LogP contribution in [0.1, 0.15) is 11.7 Å². The molecule has 0 radical (unpaired) electrons. The number of rotatable bonds is 4. The van der Waals surface area contributed by atoms with E-state index in [9.17, 15) is 9.50 Å². The molecule has 2 N–H and O–H groups in total. The van der Waals surface area contributed by atoms with Gasteiger partial charge in [-0.3, -0.25) is 4.98 Å². The maximum absolute atomic E-state index is 13.4. The largest absolute Gasteiger partial charge is 0.387 e. The first kappa shape index (κ1) is 14.3. The van der Waals surface area contributed by atoms with Gasteiger partial charge in [-0.25, -0.2) is 4.39 Å². The van der Waals surface area contributed by atoms with Crippen molar-refractivity contribution in [1.29, 1.82) is 0 Å². The van der Waals surface area contributed by atoms with E-state index in [1.54, 1.807) is 23.6 Å². The molecule has 0 aliphatic rings. The van der Waals surface area contributed by atoms with E-state index >= 15 is 0 Å². The second-order valence-electron chi connectivity index (χ2n) is 4.56. The molecular formula is C15H12ClFN2OS. The molecule has 1 atom stereocenters. The average molecular weight is 323 g/mol. The summed E-state index contributed by atoms with van der Waals surface area (Å²) in [5, 5.41) is 15.3. The van der Waals surface area contributed by atoms with Crippen LogP contribution in [0.2, 0.25) is 5.02 Å². The van der Waals surface area contributed by atoms with E-state index in [0.717, 1.165) is 15.9 Å². The maximum Gasteiger partial charge on any atom is 0.142 e. The monoisotopic (exact) mass is 322 g/mol. The Bertz CT molecular complexity index is 777. The molecule has 0 amide bonds. The summed E-state index contributed by atoms with van der Waals surface area (Å²) in [5.41, 5.74) is 2.31. The molecule has 2 aromatic heterocycles. The van der Waals surface area contributed by atoms with Gasteiger partial charge in [0.05, 0.1) is 27.0 Å². The molecule has 21 heavy (non-hydrogen) atoms. The van der Waals surface area contributed by atoms with Gasteiger partial charge in [0, 0.05) is 12.7 Å². The summed E-state index contributed by atoms with van der Waals surface area (Å²) < 4.78 is 14.4. The van der Waals surface area contributed by atoms with Gasteiger partial charge in [0.1, 0.15) is 5.82 Å². The zero-order valence-corrected chi connectivity index (χ0v) is 12.5. The van der Waals surface area contributed by atoms with Crippen molar-refractivity contribution in [3.63, 3.8) is 0 Å². The number of nitrogens with zero attached hydrogens (tertiary/aromatic N) is 1. The van der Waals surface area contributed by atoms with Crippen LogP contribution in [-0.4, -0.2) is 16.6 Å². The lowest BCUT2D eigenvalue weighted by Gasteiger charge is -2.14. The first-order valence-electron chi connectivity index (χ1n) is 6.34. The van der Waals surface area contributed by atoms with Gasteiger partial charge < -0.3 is 10.4 Å². The van der Waals surface area contributed by atoms with E-state index in [2.05, 4.69) is 10.3 Å². The van der Waals surface area contributed by atoms with Crippen LogP contribution in [0, 0.1) is 5.82 Å². The fourth-order valence-corrected chi connectivity index (χ4v) is 3.02. The van der Waals surface area contributed by atoms with Gasteiger partial charge in [-0.05, 0) is 35.2 Å². The summed E-state index contributed by atoms with van der Waals surface area (Å²) in [6.07, 6.45) is 0.895. The van der Waals surface area contributed by atoms with E-state index in [-0.39, 0.29) is 11.6 Å². The number of hydrogen-bond donors (Lipinski definition) is 2. The second-order valence-corrected chi connectivity index (χ2v) is 5.89. The Morgan fingerprint density at radius 2 is 2.19 bits per heavy atom. The molecule has 0 saturated carbocycles. The van der Waals surface area contributed by atoms with Gasteiger partial charge in [0.25, 0.3) is 0 Å². The number of benzene rings is 1. The number of aromatic nitrogens is 1. The van der Waals surface area contributed by atoms with Crippen LogP contribution in [0.5, 0.6) is 0 Å². The number of fused-ring (bicyclic) bond motifs is 1. The molecule has 0 spiro atoms. The average Bonchev–Trinajstić information content (AvgIpc) is 2.96. The fraction of sp³-hybridized carbons (Fsp3) is 0.133. The molecule has 3 nitrogen and oxygen atoms in total. The molecular weight excluding hydrogens is 311 g/mol. The minimum absolute atomic E-state index is 0.0494. The van der Waals surface area contributed by atoms with Gasteiger partial charge in [-0.1, -0.05) is 17.7 Å². The number of pyridine rings is 1. The highest BCUT2D eigenvalue weighted by Gasteiger charge is 2.11. The fourth-order valence-electron chi connectivity index (χ4n) is 2.06. The summed E-state index contributed by atoms with van der Waals surface area (Å²) >= 11 is 7.22. The highest BCUT2D eigenvalue weighted by molar-refractivity contribution is 7.17. The van der Waals surface area contributed by atoms with Crippen molar-refractivity contribution < 1.29 is 9.50 Å². The third kappa shape index (κ3) is 3.00. The highest BCUT2D eigenvalue weighted by atomic mass is 35.5. The van der Waals surface area contributed by atoms with Crippen LogP contribution < -0.4 is 5.32 Å². The predicted octanol–water partition coefficient (Wildman–Crippen LogP) is 4.23. The Labute approximate surface area is 130 Å². The predicted molar refractivity (Wildman–Crippen MR) is 84.5 cm³/mol. The molecule has 1 aromatic carbocycles. The third-order valence-electron chi connectivity index (χ3n) is 3.16. The Morgan fingerprint density at radius 1 is 1.33 bits per heavy atom. The van der Waals surface area contributed by atoms with Crippen molar-refractivity contribution in [3.8, 4) is 0 Å². The lowest BCUT2D eigenvalue weighted by atomic mass is 10.1. The van der Waals surface area contributed by atoms with Crippen molar-refractivity contribution in [1.82, 2.24) is 4.98 Å². The molecule has 108 valence electrons. The van der Waals surface area contributed by atoms with Crippen LogP contribution in [0.25, 0.3) is 10.2 Å². The van der Waals surface area contributed by atoms with Crippen LogP contribution in [0.3, 0.4) is 0 Å². The zero-order chi connectivity index (χ0) is 14.8. The van der Waals surface area contributed by atoms with E-state index in [1.165, 1.54) is 12.1 Å². The topological polar surface area (TPSA) is 45.1 Å².